The number of benzene rings is 1. The van der Waals surface area contributed by atoms with Crippen LogP contribution >= 0.6 is 11.8 Å². The van der Waals surface area contributed by atoms with Crippen molar-refractivity contribution in [1.82, 2.24) is 10.3 Å². The highest BCUT2D eigenvalue weighted by Gasteiger charge is 2.43. The lowest BCUT2D eigenvalue weighted by Gasteiger charge is -2.04. The molecule has 1 fully saturated rings. The van der Waals surface area contributed by atoms with E-state index >= 15 is 0 Å². The Labute approximate surface area is 159 Å². The van der Waals surface area contributed by atoms with Gasteiger partial charge in [-0.2, -0.15) is 0 Å². The molecule has 0 saturated carbocycles. The second-order valence-electron chi connectivity index (χ2n) is 5.94. The molecule has 10 heteroatoms. The van der Waals surface area contributed by atoms with Crippen LogP contribution in [0.15, 0.2) is 46.0 Å². The molecule has 0 aliphatic carbocycles. The van der Waals surface area contributed by atoms with Crippen LogP contribution < -0.4 is 14.8 Å². The molecule has 2 aromatic heterocycles. The first-order valence-electron chi connectivity index (χ1n) is 7.91. The van der Waals surface area contributed by atoms with Gasteiger partial charge in [0.25, 0.3) is 11.1 Å². The maximum atomic E-state index is 13.2. The van der Waals surface area contributed by atoms with Crippen LogP contribution in [0.4, 0.5) is 13.6 Å². The molecule has 5 rings (SSSR count). The summed E-state index contributed by atoms with van der Waals surface area (Å²) in [7, 11) is 0. The Morgan fingerprint density at radius 3 is 2.71 bits per heavy atom. The van der Waals surface area contributed by atoms with Crippen LogP contribution in [0.25, 0.3) is 28.2 Å². The number of hydrogen-bond acceptors (Lipinski definition) is 7. The average molecular weight is 402 g/mol. The Bertz CT molecular complexity index is 1200. The minimum absolute atomic E-state index is 0.0623. The van der Waals surface area contributed by atoms with Gasteiger partial charge in [0, 0.05) is 29.4 Å². The van der Waals surface area contributed by atoms with Gasteiger partial charge in [-0.1, -0.05) is 6.07 Å². The number of alkyl halides is 2. The number of nitrogens with one attached hydrogen (secondary N) is 1. The van der Waals surface area contributed by atoms with Gasteiger partial charge in [-0.3, -0.25) is 19.9 Å². The van der Waals surface area contributed by atoms with Gasteiger partial charge in [-0.25, -0.2) is 0 Å². The molecule has 2 aliphatic heterocycles. The average Bonchev–Trinajstić information content (AvgIpc) is 3.27. The molecule has 3 aromatic rings. The summed E-state index contributed by atoms with van der Waals surface area (Å²) in [6.45, 7) is 0. The fourth-order valence-electron chi connectivity index (χ4n) is 2.93. The third-order valence-corrected chi connectivity index (χ3v) is 4.88. The number of aromatic nitrogens is 1. The summed E-state index contributed by atoms with van der Waals surface area (Å²) in [5.74, 6) is -0.298. The lowest BCUT2D eigenvalue weighted by atomic mass is 10.1. The summed E-state index contributed by atoms with van der Waals surface area (Å²) in [5, 5.41) is 2.35. The third kappa shape index (κ3) is 2.78. The first kappa shape index (κ1) is 16.8. The zero-order valence-corrected chi connectivity index (χ0v) is 14.5. The number of ether oxygens (including phenoxy) is 2. The number of fused-ring (bicyclic) bond motifs is 2. The first-order valence-corrected chi connectivity index (χ1v) is 8.72. The highest BCUT2D eigenvalue weighted by molar-refractivity contribution is 8.18. The van der Waals surface area contributed by atoms with Gasteiger partial charge in [0.1, 0.15) is 11.3 Å². The lowest BCUT2D eigenvalue weighted by molar-refractivity contribution is -0.286. The summed E-state index contributed by atoms with van der Waals surface area (Å²) in [6, 6.07) is 6.03. The van der Waals surface area contributed by atoms with Crippen LogP contribution in [-0.4, -0.2) is 22.4 Å². The van der Waals surface area contributed by atoms with E-state index < -0.39 is 17.4 Å². The van der Waals surface area contributed by atoms with E-state index in [1.54, 1.807) is 18.3 Å². The second kappa shape index (κ2) is 5.80. The maximum Gasteiger partial charge on any atom is 0.586 e. The summed E-state index contributed by atoms with van der Waals surface area (Å²) in [5.41, 5.74) is 1.53. The predicted octanol–water partition coefficient (Wildman–Crippen LogP) is 4.14. The van der Waals surface area contributed by atoms with E-state index in [0.29, 0.717) is 27.9 Å². The van der Waals surface area contributed by atoms with E-state index in [1.165, 1.54) is 24.4 Å². The number of imide groups is 1. The van der Waals surface area contributed by atoms with Gasteiger partial charge in [0.2, 0.25) is 0 Å². The Morgan fingerprint density at radius 2 is 1.93 bits per heavy atom. The number of amides is 2. The normalized spacial score (nSPS) is 18.9. The molecular formula is C18H8F2N2O5S. The molecule has 1 N–H and O–H groups in total. The van der Waals surface area contributed by atoms with Gasteiger partial charge in [0.15, 0.2) is 11.5 Å². The largest absolute Gasteiger partial charge is 0.586 e. The van der Waals surface area contributed by atoms with E-state index in [2.05, 4.69) is 19.8 Å². The zero-order valence-electron chi connectivity index (χ0n) is 13.7. The molecule has 28 heavy (non-hydrogen) atoms. The number of halogens is 2. The Morgan fingerprint density at radius 1 is 1.11 bits per heavy atom. The van der Waals surface area contributed by atoms with Crippen molar-refractivity contribution in [2.45, 2.75) is 6.29 Å². The standard InChI is InChI=1S/C18H8F2N2O5S/c19-18(20)26-12-2-1-8(4-13(12)27-18)11-7-21-6-9-3-10(25-15(9)11)5-14-16(23)22-17(24)28-14/h1-7H,(H,22,23,24)/b14-5-. The minimum atomic E-state index is -3.70. The molecule has 0 radical (unpaired) electrons. The van der Waals surface area contributed by atoms with Crippen molar-refractivity contribution in [3.8, 4) is 22.6 Å². The second-order valence-corrected chi connectivity index (χ2v) is 6.95. The summed E-state index contributed by atoms with van der Waals surface area (Å²) < 4.78 is 41.2. The number of thioether (sulfide) groups is 1. The van der Waals surface area contributed by atoms with E-state index in [1.807, 2.05) is 0 Å². The summed E-state index contributed by atoms with van der Waals surface area (Å²) >= 11 is 0.777. The smallest absolute Gasteiger partial charge is 0.456 e. The molecule has 0 atom stereocenters. The molecule has 0 spiro atoms. The molecule has 1 saturated heterocycles. The quantitative estimate of drug-likeness (QED) is 0.644. The lowest BCUT2D eigenvalue weighted by Crippen LogP contribution is -2.25. The van der Waals surface area contributed by atoms with Crippen molar-refractivity contribution in [3.05, 3.63) is 47.3 Å². The van der Waals surface area contributed by atoms with Crippen LogP contribution in [0, 0.1) is 0 Å². The summed E-state index contributed by atoms with van der Waals surface area (Å²) in [4.78, 5) is 27.3. The minimum Gasteiger partial charge on any atom is -0.456 e. The molecular weight excluding hydrogens is 394 g/mol. The van der Waals surface area contributed by atoms with Crippen molar-refractivity contribution in [2.75, 3.05) is 0 Å². The number of carbonyl (C=O) groups excluding carboxylic acids is 2. The molecule has 4 heterocycles. The van der Waals surface area contributed by atoms with E-state index in [0.717, 1.165) is 11.8 Å². The number of rotatable bonds is 2. The van der Waals surface area contributed by atoms with Gasteiger partial charge in [0.05, 0.1) is 4.91 Å². The van der Waals surface area contributed by atoms with Crippen molar-refractivity contribution in [2.24, 2.45) is 0 Å². The van der Waals surface area contributed by atoms with E-state index in [4.69, 9.17) is 4.42 Å². The van der Waals surface area contributed by atoms with E-state index in [9.17, 15) is 18.4 Å². The zero-order chi connectivity index (χ0) is 19.5. The van der Waals surface area contributed by atoms with Gasteiger partial charge < -0.3 is 13.9 Å². The molecule has 7 nitrogen and oxygen atoms in total. The van der Waals surface area contributed by atoms with Crippen molar-refractivity contribution >= 4 is 40.0 Å². The number of furan rings is 1. The van der Waals surface area contributed by atoms with Gasteiger partial charge in [-0.05, 0) is 35.5 Å². The molecule has 0 bridgehead atoms. The molecule has 2 aliphatic rings. The fourth-order valence-corrected chi connectivity index (χ4v) is 3.59. The van der Waals surface area contributed by atoms with Crippen molar-refractivity contribution in [3.63, 3.8) is 0 Å². The molecule has 1 aromatic carbocycles. The number of carbonyl (C=O) groups is 2. The first-order chi connectivity index (χ1) is 13.4. The molecule has 140 valence electrons. The number of pyridine rings is 1. The third-order valence-electron chi connectivity index (χ3n) is 4.07. The fraction of sp³-hybridized carbons (Fsp3) is 0.0556. The van der Waals surface area contributed by atoms with Gasteiger partial charge in [-0.15, -0.1) is 8.78 Å². The van der Waals surface area contributed by atoms with Crippen molar-refractivity contribution < 1.29 is 32.3 Å². The monoisotopic (exact) mass is 402 g/mol. The predicted molar refractivity (Wildman–Crippen MR) is 94.8 cm³/mol. The van der Waals surface area contributed by atoms with Gasteiger partial charge >= 0.3 is 6.29 Å². The van der Waals surface area contributed by atoms with Crippen LogP contribution in [0.2, 0.25) is 0 Å². The number of hydrogen-bond donors (Lipinski definition) is 1. The highest BCUT2D eigenvalue weighted by Crippen LogP contribution is 2.44. The SMILES string of the molecule is O=C1NC(=O)/C(=C/c2cc3cncc(-c4ccc5c(c4)OC(F)(F)O5)c3o2)S1. The van der Waals surface area contributed by atoms with E-state index in [-0.39, 0.29) is 16.4 Å². The topological polar surface area (TPSA) is 90.7 Å². The Kier molecular flexibility index (Phi) is 3.47. The number of nitrogens with zero attached hydrogens (tertiary/aromatic N) is 1. The molecule has 0 unspecified atom stereocenters. The Hall–Kier alpha value is -3.40. The highest BCUT2D eigenvalue weighted by atomic mass is 32.2. The van der Waals surface area contributed by atoms with Crippen molar-refractivity contribution in [1.29, 1.82) is 0 Å². The van der Waals surface area contributed by atoms with Crippen LogP contribution in [0.1, 0.15) is 5.76 Å². The van der Waals surface area contributed by atoms with Crippen LogP contribution in [-0.2, 0) is 4.79 Å². The summed E-state index contributed by atoms with van der Waals surface area (Å²) in [6.07, 6.45) is 0.846. The van der Waals surface area contributed by atoms with Crippen LogP contribution in [0.3, 0.4) is 0 Å². The molecule has 2 amide bonds. The van der Waals surface area contributed by atoms with Crippen LogP contribution in [0.5, 0.6) is 11.5 Å². The Balaban J connectivity index is 1.57. The maximum absolute atomic E-state index is 13.2.